The minimum atomic E-state index is -0.521. The highest BCUT2D eigenvalue weighted by molar-refractivity contribution is 6.31. The number of nitrogens with zero attached hydrogens (tertiary/aromatic N) is 1. The summed E-state index contributed by atoms with van der Waals surface area (Å²) in [7, 11) is 0. The normalized spacial score (nSPS) is 23.0. The zero-order chi connectivity index (χ0) is 15.7. The Morgan fingerprint density at radius 3 is 2.33 bits per heavy atom. The summed E-state index contributed by atoms with van der Waals surface area (Å²) in [6, 6.07) is 7.50. The molecule has 0 radical (unpaired) electrons. The molecule has 1 aliphatic rings. The Hall–Kier alpha value is -0.610. The van der Waals surface area contributed by atoms with E-state index in [1.54, 1.807) is 0 Å². The van der Waals surface area contributed by atoms with Gasteiger partial charge in [0.05, 0.1) is 17.3 Å². The second-order valence-corrected chi connectivity index (χ2v) is 7.57. The van der Waals surface area contributed by atoms with Crippen LogP contribution in [0.4, 0.5) is 0 Å². The van der Waals surface area contributed by atoms with Crippen molar-refractivity contribution in [2.24, 2.45) is 0 Å². The molecule has 4 heteroatoms. The number of rotatable bonds is 4. The number of hydrogen-bond acceptors (Lipinski definition) is 3. The Bertz CT molecular complexity index is 471. The van der Waals surface area contributed by atoms with Crippen LogP contribution in [-0.2, 0) is 4.74 Å². The first-order valence-corrected chi connectivity index (χ1v) is 7.91. The fourth-order valence-electron chi connectivity index (χ4n) is 3.31. The molecule has 0 amide bonds. The molecule has 2 rings (SSSR count). The zero-order valence-electron chi connectivity index (χ0n) is 13.4. The number of ether oxygens (including phenoxy) is 1. The van der Waals surface area contributed by atoms with E-state index in [1.165, 1.54) is 0 Å². The summed E-state index contributed by atoms with van der Waals surface area (Å²) in [6.07, 6.45) is 0.156. The minimum absolute atomic E-state index is 0.156. The van der Waals surface area contributed by atoms with Crippen molar-refractivity contribution in [2.45, 2.75) is 51.4 Å². The monoisotopic (exact) mass is 311 g/mol. The van der Waals surface area contributed by atoms with E-state index in [0.29, 0.717) is 11.4 Å². The SMILES string of the molecule is CC1(C)CN(CCC(O)c2ccccc2Cl)CC(C)(C)O1. The lowest BCUT2D eigenvalue weighted by Gasteiger charge is -2.47. The van der Waals surface area contributed by atoms with Crippen molar-refractivity contribution in [1.82, 2.24) is 4.90 Å². The molecule has 1 unspecified atom stereocenters. The van der Waals surface area contributed by atoms with E-state index in [-0.39, 0.29) is 11.2 Å². The number of aliphatic hydroxyl groups is 1. The molecule has 1 aromatic carbocycles. The first kappa shape index (κ1) is 16.8. The van der Waals surface area contributed by atoms with E-state index >= 15 is 0 Å². The highest BCUT2D eigenvalue weighted by Gasteiger charge is 2.37. The molecule has 118 valence electrons. The van der Waals surface area contributed by atoms with Crippen LogP contribution in [0, 0.1) is 0 Å². The Morgan fingerprint density at radius 1 is 1.19 bits per heavy atom. The lowest BCUT2D eigenvalue weighted by atomic mass is 9.98. The van der Waals surface area contributed by atoms with Gasteiger partial charge in [-0.1, -0.05) is 29.8 Å². The van der Waals surface area contributed by atoms with Crippen molar-refractivity contribution in [3.63, 3.8) is 0 Å². The van der Waals surface area contributed by atoms with E-state index in [0.717, 1.165) is 25.2 Å². The van der Waals surface area contributed by atoms with Crippen LogP contribution in [0.15, 0.2) is 24.3 Å². The fraction of sp³-hybridized carbons (Fsp3) is 0.647. The number of morpholine rings is 1. The largest absolute Gasteiger partial charge is 0.388 e. The Labute approximate surface area is 132 Å². The van der Waals surface area contributed by atoms with Gasteiger partial charge in [-0.05, 0) is 45.7 Å². The summed E-state index contributed by atoms with van der Waals surface area (Å²) in [4.78, 5) is 2.36. The van der Waals surface area contributed by atoms with Gasteiger partial charge in [0.1, 0.15) is 0 Å². The Morgan fingerprint density at radius 2 is 1.76 bits per heavy atom. The molecular weight excluding hydrogens is 286 g/mol. The summed E-state index contributed by atoms with van der Waals surface area (Å²) in [5, 5.41) is 11.0. The van der Waals surface area contributed by atoms with Gasteiger partial charge >= 0.3 is 0 Å². The average molecular weight is 312 g/mol. The smallest absolute Gasteiger partial charge is 0.0816 e. The molecule has 0 bridgehead atoms. The maximum Gasteiger partial charge on any atom is 0.0816 e. The Balaban J connectivity index is 1.95. The molecule has 1 atom stereocenters. The van der Waals surface area contributed by atoms with E-state index < -0.39 is 6.10 Å². The van der Waals surface area contributed by atoms with Crippen molar-refractivity contribution in [1.29, 1.82) is 0 Å². The molecule has 0 saturated carbocycles. The third-order valence-corrected chi connectivity index (χ3v) is 4.09. The number of aliphatic hydroxyl groups excluding tert-OH is 1. The quantitative estimate of drug-likeness (QED) is 0.921. The highest BCUT2D eigenvalue weighted by Crippen LogP contribution is 2.30. The number of hydrogen-bond donors (Lipinski definition) is 1. The summed E-state index contributed by atoms with van der Waals surface area (Å²) in [5.41, 5.74) is 0.500. The van der Waals surface area contributed by atoms with E-state index in [1.807, 2.05) is 24.3 Å². The second-order valence-electron chi connectivity index (χ2n) is 7.16. The summed E-state index contributed by atoms with van der Waals surface area (Å²) in [6.45, 7) is 11.1. The van der Waals surface area contributed by atoms with Crippen LogP contribution < -0.4 is 0 Å². The molecular formula is C17H26ClNO2. The topological polar surface area (TPSA) is 32.7 Å². The van der Waals surface area contributed by atoms with Crippen LogP contribution in [0.1, 0.15) is 45.8 Å². The van der Waals surface area contributed by atoms with Crippen molar-refractivity contribution in [3.8, 4) is 0 Å². The van der Waals surface area contributed by atoms with Gasteiger partial charge in [-0.3, -0.25) is 4.90 Å². The van der Waals surface area contributed by atoms with Crippen LogP contribution in [-0.4, -0.2) is 40.8 Å². The maximum atomic E-state index is 10.3. The standard InChI is InChI=1S/C17H26ClNO2/c1-16(2)11-19(12-17(3,4)21-16)10-9-15(20)13-7-5-6-8-14(13)18/h5-8,15,20H,9-12H2,1-4H3. The van der Waals surface area contributed by atoms with Gasteiger partial charge in [0.2, 0.25) is 0 Å². The van der Waals surface area contributed by atoms with Gasteiger partial charge in [0, 0.05) is 24.7 Å². The molecule has 1 fully saturated rings. The van der Waals surface area contributed by atoms with Crippen molar-refractivity contribution >= 4 is 11.6 Å². The molecule has 0 aliphatic carbocycles. The van der Waals surface area contributed by atoms with Crippen LogP contribution in [0.2, 0.25) is 5.02 Å². The molecule has 21 heavy (non-hydrogen) atoms. The third-order valence-electron chi connectivity index (χ3n) is 3.74. The summed E-state index contributed by atoms with van der Waals surface area (Å²) < 4.78 is 6.08. The fourth-order valence-corrected chi connectivity index (χ4v) is 3.57. The van der Waals surface area contributed by atoms with Gasteiger partial charge in [0.25, 0.3) is 0 Å². The average Bonchev–Trinajstić information content (AvgIpc) is 2.33. The van der Waals surface area contributed by atoms with Crippen LogP contribution >= 0.6 is 11.6 Å². The predicted octanol–water partition coefficient (Wildman–Crippen LogP) is 3.65. The number of halogens is 1. The zero-order valence-corrected chi connectivity index (χ0v) is 14.2. The molecule has 1 heterocycles. The van der Waals surface area contributed by atoms with E-state index in [2.05, 4.69) is 32.6 Å². The number of benzene rings is 1. The van der Waals surface area contributed by atoms with E-state index in [4.69, 9.17) is 16.3 Å². The van der Waals surface area contributed by atoms with Crippen molar-refractivity contribution in [2.75, 3.05) is 19.6 Å². The summed E-state index contributed by atoms with van der Waals surface area (Å²) in [5.74, 6) is 0. The molecule has 0 aromatic heterocycles. The molecule has 3 nitrogen and oxygen atoms in total. The molecule has 1 N–H and O–H groups in total. The van der Waals surface area contributed by atoms with Crippen molar-refractivity contribution < 1.29 is 9.84 Å². The molecule has 0 spiro atoms. The molecule has 1 aliphatic heterocycles. The third kappa shape index (κ3) is 4.68. The first-order valence-electron chi connectivity index (χ1n) is 7.54. The molecule has 1 aromatic rings. The van der Waals surface area contributed by atoms with Gasteiger partial charge in [0.15, 0.2) is 0 Å². The predicted molar refractivity (Wildman–Crippen MR) is 86.7 cm³/mol. The van der Waals surface area contributed by atoms with E-state index in [9.17, 15) is 5.11 Å². The highest BCUT2D eigenvalue weighted by atomic mass is 35.5. The van der Waals surface area contributed by atoms with Gasteiger partial charge in [-0.15, -0.1) is 0 Å². The minimum Gasteiger partial charge on any atom is -0.388 e. The van der Waals surface area contributed by atoms with Crippen LogP contribution in [0.3, 0.4) is 0 Å². The van der Waals surface area contributed by atoms with Crippen LogP contribution in [0.5, 0.6) is 0 Å². The van der Waals surface area contributed by atoms with Gasteiger partial charge in [-0.2, -0.15) is 0 Å². The lowest BCUT2D eigenvalue weighted by molar-refractivity contribution is -0.181. The van der Waals surface area contributed by atoms with Gasteiger partial charge in [-0.25, -0.2) is 0 Å². The Kier molecular flexibility index (Phi) is 4.99. The van der Waals surface area contributed by atoms with Gasteiger partial charge < -0.3 is 9.84 Å². The van der Waals surface area contributed by atoms with Crippen LogP contribution in [0.25, 0.3) is 0 Å². The first-order chi connectivity index (χ1) is 9.69. The maximum absolute atomic E-state index is 10.3. The second kappa shape index (κ2) is 6.25. The summed E-state index contributed by atoms with van der Waals surface area (Å²) >= 11 is 6.14. The molecule has 1 saturated heterocycles. The van der Waals surface area contributed by atoms with Crippen molar-refractivity contribution in [3.05, 3.63) is 34.9 Å². The lowest BCUT2D eigenvalue weighted by Crippen LogP contribution is -2.57.